The van der Waals surface area contributed by atoms with Crippen molar-refractivity contribution < 1.29 is 31.5 Å². The van der Waals surface area contributed by atoms with Gasteiger partial charge >= 0.3 is 6.18 Å². The molecule has 3 aromatic carbocycles. The fraction of sp³-hybridized carbons (Fsp3) is 0.192. The van der Waals surface area contributed by atoms with Crippen LogP contribution in [0.5, 0.6) is 5.75 Å². The van der Waals surface area contributed by atoms with Gasteiger partial charge in [-0.2, -0.15) is 18.3 Å². The van der Waals surface area contributed by atoms with Crippen LogP contribution in [0.15, 0.2) is 36.4 Å². The van der Waals surface area contributed by atoms with Crippen LogP contribution >= 0.6 is 0 Å². The van der Waals surface area contributed by atoms with Gasteiger partial charge in [0.25, 0.3) is 0 Å². The Hall–Kier alpha value is -4.48. The fourth-order valence-corrected chi connectivity index (χ4v) is 4.90. The number of hydrogen-bond donors (Lipinski definition) is 1. The first-order chi connectivity index (χ1) is 18.0. The van der Waals surface area contributed by atoms with Gasteiger partial charge in [-0.3, -0.25) is 9.48 Å². The summed E-state index contributed by atoms with van der Waals surface area (Å²) in [5, 5.41) is 4.56. The first kappa shape index (κ1) is 23.9. The van der Waals surface area contributed by atoms with Crippen LogP contribution in [0.25, 0.3) is 33.1 Å². The number of imidazole rings is 1. The average Bonchev–Trinajstić information content (AvgIpc) is 3.36. The van der Waals surface area contributed by atoms with E-state index in [9.17, 15) is 26.7 Å². The van der Waals surface area contributed by atoms with Gasteiger partial charge in [0.1, 0.15) is 41.0 Å². The van der Waals surface area contributed by atoms with Gasteiger partial charge in [0.05, 0.1) is 23.1 Å². The van der Waals surface area contributed by atoms with Crippen molar-refractivity contribution in [3.05, 3.63) is 70.7 Å². The number of nitrogens with zero attached hydrogens (tertiary/aromatic N) is 4. The Morgan fingerprint density at radius 1 is 1.13 bits per heavy atom. The number of halogens is 5. The Labute approximate surface area is 211 Å². The van der Waals surface area contributed by atoms with Crippen molar-refractivity contribution in [3.8, 4) is 16.9 Å². The molecule has 0 saturated carbocycles. The van der Waals surface area contributed by atoms with Gasteiger partial charge < -0.3 is 15.0 Å². The second kappa shape index (κ2) is 8.01. The third kappa shape index (κ3) is 3.36. The normalized spacial score (nSPS) is 13.3. The highest BCUT2D eigenvalue weighted by atomic mass is 19.4. The van der Waals surface area contributed by atoms with Gasteiger partial charge in [-0.15, -0.1) is 0 Å². The highest BCUT2D eigenvalue weighted by Gasteiger charge is 2.39. The summed E-state index contributed by atoms with van der Waals surface area (Å²) in [5.74, 6) is -2.54. The molecular weight excluding hydrogens is 509 g/mol. The molecular formula is C26H18F5N5O2. The number of carbonyl (C=O) groups excluding carboxylic acids is 1. The van der Waals surface area contributed by atoms with Crippen molar-refractivity contribution in [1.29, 1.82) is 0 Å². The van der Waals surface area contributed by atoms with Gasteiger partial charge in [0, 0.05) is 29.1 Å². The van der Waals surface area contributed by atoms with Crippen LogP contribution in [0, 0.1) is 18.6 Å². The number of nitrogens with two attached hydrogens (primary N) is 1. The number of benzene rings is 3. The Morgan fingerprint density at radius 3 is 2.53 bits per heavy atom. The molecule has 0 unspecified atom stereocenters. The molecule has 1 aliphatic heterocycles. The lowest BCUT2D eigenvalue weighted by atomic mass is 9.94. The maximum absolute atomic E-state index is 14.5. The van der Waals surface area contributed by atoms with E-state index in [1.165, 1.54) is 22.9 Å². The van der Waals surface area contributed by atoms with Crippen molar-refractivity contribution in [1.82, 2.24) is 19.3 Å². The Balaban J connectivity index is 1.67. The lowest BCUT2D eigenvalue weighted by Crippen LogP contribution is -2.16. The number of aromatic nitrogens is 4. The molecule has 0 amide bonds. The molecule has 2 aromatic heterocycles. The number of ether oxygens (including phenoxy) is 1. The predicted molar refractivity (Wildman–Crippen MR) is 129 cm³/mol. The average molecular weight is 527 g/mol. The standard InChI is InChI=1S/C26H18F5N5O2/c1-11-33-22-18(35(11)2)10-15(26(29,30)31)19-13-4-3-5-14-21(34-36(23(13)14)6-7-38-25(19)22)24(37)12-8-16(27)20(32)17(28)9-12/h3-5,8-10H,6-7,32H2,1-2H3. The first-order valence-electron chi connectivity index (χ1n) is 11.5. The molecule has 38 heavy (non-hydrogen) atoms. The van der Waals surface area contributed by atoms with E-state index in [-0.39, 0.29) is 63.2 Å². The number of para-hydroxylation sites is 1. The number of fused-ring (bicyclic) bond motifs is 4. The van der Waals surface area contributed by atoms with E-state index in [0.717, 1.165) is 18.2 Å². The molecule has 7 nitrogen and oxygen atoms in total. The van der Waals surface area contributed by atoms with Gasteiger partial charge in [-0.25, -0.2) is 13.8 Å². The topological polar surface area (TPSA) is 88.0 Å². The van der Waals surface area contributed by atoms with Gasteiger partial charge in [-0.1, -0.05) is 18.2 Å². The number of anilines is 1. The van der Waals surface area contributed by atoms with Crippen molar-refractivity contribution >= 4 is 33.4 Å². The molecule has 6 rings (SSSR count). The summed E-state index contributed by atoms with van der Waals surface area (Å²) in [5.41, 5.74) is 3.87. The summed E-state index contributed by atoms with van der Waals surface area (Å²) in [4.78, 5) is 17.8. The van der Waals surface area contributed by atoms with E-state index in [2.05, 4.69) is 10.1 Å². The van der Waals surface area contributed by atoms with Crippen LogP contribution in [0.3, 0.4) is 0 Å². The SMILES string of the molecule is Cc1nc2c3c(c(C(F)(F)F)cc2n1C)-c1cccc2c(C(=O)c4cc(F)c(N)c(F)c4)nn(c12)CCO3. The van der Waals surface area contributed by atoms with Gasteiger partial charge in [-0.05, 0) is 25.1 Å². The van der Waals surface area contributed by atoms with Gasteiger partial charge in [0.15, 0.2) is 5.75 Å². The van der Waals surface area contributed by atoms with Crippen molar-refractivity contribution in [3.63, 3.8) is 0 Å². The first-order valence-corrected chi connectivity index (χ1v) is 11.5. The van der Waals surface area contributed by atoms with E-state index < -0.39 is 34.8 Å². The second-order valence-corrected chi connectivity index (χ2v) is 9.02. The van der Waals surface area contributed by atoms with E-state index in [1.54, 1.807) is 18.5 Å². The maximum atomic E-state index is 14.5. The highest BCUT2D eigenvalue weighted by Crippen LogP contribution is 2.48. The van der Waals surface area contributed by atoms with Crippen LogP contribution in [-0.4, -0.2) is 31.7 Å². The minimum Gasteiger partial charge on any atom is -0.489 e. The molecule has 2 N–H and O–H groups in total. The minimum atomic E-state index is -4.75. The molecule has 0 radical (unpaired) electrons. The highest BCUT2D eigenvalue weighted by molar-refractivity contribution is 6.17. The molecule has 1 aliphatic rings. The second-order valence-electron chi connectivity index (χ2n) is 9.02. The molecule has 0 bridgehead atoms. The van der Waals surface area contributed by atoms with Crippen molar-refractivity contribution in [2.75, 3.05) is 12.3 Å². The Bertz CT molecular complexity index is 1800. The quantitative estimate of drug-likeness (QED) is 0.189. The zero-order valence-electron chi connectivity index (χ0n) is 20.0. The maximum Gasteiger partial charge on any atom is 0.417 e. The van der Waals surface area contributed by atoms with E-state index in [1.807, 2.05) is 0 Å². The number of alkyl halides is 3. The number of ketones is 1. The van der Waals surface area contributed by atoms with Crippen LogP contribution in [0.1, 0.15) is 27.4 Å². The molecule has 5 aromatic rings. The number of rotatable bonds is 2. The summed E-state index contributed by atoms with van der Waals surface area (Å²) in [6.07, 6.45) is -4.75. The Kier molecular flexibility index (Phi) is 5.03. The number of hydrogen-bond acceptors (Lipinski definition) is 5. The lowest BCUT2D eigenvalue weighted by molar-refractivity contribution is -0.137. The third-order valence-corrected chi connectivity index (χ3v) is 6.81. The zero-order chi connectivity index (χ0) is 27.1. The van der Waals surface area contributed by atoms with Crippen molar-refractivity contribution in [2.24, 2.45) is 7.05 Å². The van der Waals surface area contributed by atoms with E-state index in [0.29, 0.717) is 5.82 Å². The third-order valence-electron chi connectivity index (χ3n) is 6.81. The van der Waals surface area contributed by atoms with E-state index >= 15 is 0 Å². The Morgan fingerprint density at radius 2 is 1.84 bits per heavy atom. The molecule has 0 spiro atoms. The molecule has 3 heterocycles. The van der Waals surface area contributed by atoms with Crippen LogP contribution < -0.4 is 10.5 Å². The van der Waals surface area contributed by atoms with Crippen LogP contribution in [0.4, 0.5) is 27.6 Å². The molecule has 194 valence electrons. The molecule has 0 aliphatic carbocycles. The van der Waals surface area contributed by atoms with E-state index in [4.69, 9.17) is 10.5 Å². The molecule has 0 atom stereocenters. The summed E-state index contributed by atoms with van der Waals surface area (Å²) in [6.45, 7) is 1.70. The molecule has 12 heteroatoms. The monoisotopic (exact) mass is 527 g/mol. The zero-order valence-corrected chi connectivity index (χ0v) is 20.0. The number of nitrogen functional groups attached to an aromatic ring is 1. The summed E-state index contributed by atoms with van der Waals surface area (Å²) in [7, 11) is 1.62. The number of aryl methyl sites for hydroxylation is 2. The minimum absolute atomic E-state index is 0.0194. The largest absolute Gasteiger partial charge is 0.489 e. The fourth-order valence-electron chi connectivity index (χ4n) is 4.90. The number of carbonyl (C=O) groups is 1. The summed E-state index contributed by atoms with van der Waals surface area (Å²) < 4.78 is 80.4. The van der Waals surface area contributed by atoms with Crippen LogP contribution in [0.2, 0.25) is 0 Å². The predicted octanol–water partition coefficient (Wildman–Crippen LogP) is 5.40. The van der Waals surface area contributed by atoms with Crippen molar-refractivity contribution in [2.45, 2.75) is 19.6 Å². The van der Waals surface area contributed by atoms with Gasteiger partial charge in [0.2, 0.25) is 5.78 Å². The summed E-state index contributed by atoms with van der Waals surface area (Å²) in [6, 6.07) is 7.14. The van der Waals surface area contributed by atoms with Crippen LogP contribution in [-0.2, 0) is 19.8 Å². The summed E-state index contributed by atoms with van der Waals surface area (Å²) >= 11 is 0. The molecule has 0 saturated heterocycles. The molecule has 0 fully saturated rings. The smallest absolute Gasteiger partial charge is 0.417 e. The lowest BCUT2D eigenvalue weighted by Gasteiger charge is -2.22.